The average molecular weight is 139 g/mol. The van der Waals surface area contributed by atoms with E-state index < -0.39 is 0 Å². The molecule has 0 aliphatic carbocycles. The van der Waals surface area contributed by atoms with E-state index in [9.17, 15) is 0 Å². The van der Waals surface area contributed by atoms with E-state index in [0.717, 1.165) is 0 Å². The predicted molar refractivity (Wildman–Crippen MR) is 43.4 cm³/mol. The Kier molecular flexibility index (Phi) is 5.68. The highest BCUT2D eigenvalue weighted by Crippen LogP contribution is 1.90. The summed E-state index contributed by atoms with van der Waals surface area (Å²) in [6, 6.07) is 0. The quantitative estimate of drug-likeness (QED) is 0.450. The normalized spacial score (nSPS) is 14.6. The molecule has 56 valence electrons. The van der Waals surface area contributed by atoms with Gasteiger partial charge in [0.05, 0.1) is 6.10 Å². The van der Waals surface area contributed by atoms with Gasteiger partial charge in [-0.3, -0.25) is 0 Å². The zero-order chi connectivity index (χ0) is 7.82. The third kappa shape index (κ3) is 7.11. The highest BCUT2D eigenvalue weighted by Gasteiger charge is 1.86. The summed E-state index contributed by atoms with van der Waals surface area (Å²) >= 11 is 0. The summed E-state index contributed by atoms with van der Waals surface area (Å²) in [7, 11) is 0. The van der Waals surface area contributed by atoms with Crippen LogP contribution in [0.25, 0.3) is 0 Å². The molecule has 0 radical (unpaired) electrons. The van der Waals surface area contributed by atoms with Gasteiger partial charge in [-0.2, -0.15) is 0 Å². The zero-order valence-electron chi connectivity index (χ0n) is 6.12. The monoisotopic (exact) mass is 139 g/mol. The summed E-state index contributed by atoms with van der Waals surface area (Å²) < 4.78 is 0. The third-order valence-electron chi connectivity index (χ3n) is 0.932. The Morgan fingerprint density at radius 3 is 2.60 bits per heavy atom. The maximum absolute atomic E-state index is 8.79. The first-order valence-electron chi connectivity index (χ1n) is 3.27. The van der Waals surface area contributed by atoms with Crippen LogP contribution in [0.3, 0.4) is 0 Å². The van der Waals surface area contributed by atoms with E-state index in [1.54, 1.807) is 19.1 Å². The SMILES string of the molecule is CC(O)CC=C/C=C\C=N. The molecule has 0 aromatic rings. The predicted octanol–water partition coefficient (Wildman–Crippen LogP) is 1.52. The van der Waals surface area contributed by atoms with Gasteiger partial charge in [0.2, 0.25) is 0 Å². The van der Waals surface area contributed by atoms with Crippen LogP contribution in [0.4, 0.5) is 0 Å². The van der Waals surface area contributed by atoms with Crippen LogP contribution in [0.5, 0.6) is 0 Å². The Labute approximate surface area is 61.4 Å². The van der Waals surface area contributed by atoms with Crippen LogP contribution in [0, 0.1) is 5.41 Å². The number of aliphatic hydroxyl groups excluding tert-OH is 1. The van der Waals surface area contributed by atoms with Gasteiger partial charge in [0.15, 0.2) is 0 Å². The van der Waals surface area contributed by atoms with Crippen LogP contribution in [0.1, 0.15) is 13.3 Å². The lowest BCUT2D eigenvalue weighted by Crippen LogP contribution is -1.94. The smallest absolute Gasteiger partial charge is 0.0546 e. The Balaban J connectivity index is 3.37. The van der Waals surface area contributed by atoms with E-state index in [2.05, 4.69) is 0 Å². The number of rotatable bonds is 4. The molecule has 1 atom stereocenters. The highest BCUT2D eigenvalue weighted by molar-refractivity contribution is 5.68. The van der Waals surface area contributed by atoms with Crippen LogP contribution in [0.2, 0.25) is 0 Å². The first-order chi connectivity index (χ1) is 4.77. The number of aliphatic hydroxyl groups is 1. The third-order valence-corrected chi connectivity index (χ3v) is 0.932. The van der Waals surface area contributed by atoms with Crippen LogP contribution in [-0.2, 0) is 0 Å². The lowest BCUT2D eigenvalue weighted by Gasteiger charge is -1.93. The van der Waals surface area contributed by atoms with Crippen molar-refractivity contribution >= 4 is 6.21 Å². The summed E-state index contributed by atoms with van der Waals surface area (Å²) in [6.07, 6.45) is 8.68. The second-order valence-electron chi connectivity index (χ2n) is 2.06. The molecule has 2 nitrogen and oxygen atoms in total. The second-order valence-corrected chi connectivity index (χ2v) is 2.06. The van der Waals surface area contributed by atoms with Crippen molar-refractivity contribution in [2.24, 2.45) is 0 Å². The summed E-state index contributed by atoms with van der Waals surface area (Å²) in [5.41, 5.74) is 0. The molecule has 0 aliphatic rings. The molecule has 0 saturated carbocycles. The van der Waals surface area contributed by atoms with Crippen LogP contribution >= 0.6 is 0 Å². The molecule has 0 amide bonds. The van der Waals surface area contributed by atoms with Gasteiger partial charge in [-0.25, -0.2) is 0 Å². The summed E-state index contributed by atoms with van der Waals surface area (Å²) in [5, 5.41) is 15.4. The molecule has 10 heavy (non-hydrogen) atoms. The molecule has 0 rings (SSSR count). The molecule has 2 heteroatoms. The molecular formula is C8H13NO. The lowest BCUT2D eigenvalue weighted by atomic mass is 10.2. The van der Waals surface area contributed by atoms with Crippen molar-refractivity contribution in [1.82, 2.24) is 0 Å². The van der Waals surface area contributed by atoms with E-state index in [4.69, 9.17) is 10.5 Å². The van der Waals surface area contributed by atoms with Gasteiger partial charge in [-0.05, 0) is 19.4 Å². The van der Waals surface area contributed by atoms with E-state index >= 15 is 0 Å². The first-order valence-corrected chi connectivity index (χ1v) is 3.27. The standard InChI is InChI=1S/C8H13NO/c1-8(10)6-4-2-3-5-7-9/h2-5,7-10H,6H2,1H3/b4-2?,5-3-,9-7?. The van der Waals surface area contributed by atoms with Gasteiger partial charge < -0.3 is 10.5 Å². The number of hydrogen-bond donors (Lipinski definition) is 2. The van der Waals surface area contributed by atoms with Crippen molar-refractivity contribution in [3.63, 3.8) is 0 Å². The average Bonchev–Trinajstić information content (AvgIpc) is 1.87. The van der Waals surface area contributed by atoms with Crippen molar-refractivity contribution < 1.29 is 5.11 Å². The zero-order valence-corrected chi connectivity index (χ0v) is 6.12. The minimum absolute atomic E-state index is 0.273. The largest absolute Gasteiger partial charge is 0.393 e. The Bertz CT molecular complexity index is 136. The molecule has 0 spiro atoms. The van der Waals surface area contributed by atoms with Crippen molar-refractivity contribution in [1.29, 1.82) is 5.41 Å². The summed E-state index contributed by atoms with van der Waals surface area (Å²) in [5.74, 6) is 0. The molecule has 0 aromatic carbocycles. The highest BCUT2D eigenvalue weighted by atomic mass is 16.3. The minimum Gasteiger partial charge on any atom is -0.393 e. The fraction of sp³-hybridized carbons (Fsp3) is 0.375. The molecule has 1 unspecified atom stereocenters. The minimum atomic E-state index is -0.273. The lowest BCUT2D eigenvalue weighted by molar-refractivity contribution is 0.198. The van der Waals surface area contributed by atoms with Crippen molar-refractivity contribution in [3.05, 3.63) is 24.3 Å². The Hall–Kier alpha value is -0.890. The maximum Gasteiger partial charge on any atom is 0.0546 e. The van der Waals surface area contributed by atoms with Gasteiger partial charge in [0, 0.05) is 6.21 Å². The molecule has 0 heterocycles. The second kappa shape index (κ2) is 6.23. The van der Waals surface area contributed by atoms with Crippen molar-refractivity contribution in [2.75, 3.05) is 0 Å². The maximum atomic E-state index is 8.79. The number of nitrogens with one attached hydrogen (secondary N) is 1. The molecule has 2 N–H and O–H groups in total. The van der Waals surface area contributed by atoms with Crippen LogP contribution in [-0.4, -0.2) is 17.4 Å². The molecule has 0 aromatic heterocycles. The van der Waals surface area contributed by atoms with E-state index in [1.807, 2.05) is 12.2 Å². The molecule has 0 aliphatic heterocycles. The summed E-state index contributed by atoms with van der Waals surface area (Å²) in [6.45, 7) is 1.74. The molecule has 0 bridgehead atoms. The number of hydrogen-bond acceptors (Lipinski definition) is 2. The van der Waals surface area contributed by atoms with Crippen LogP contribution < -0.4 is 0 Å². The van der Waals surface area contributed by atoms with E-state index in [-0.39, 0.29) is 6.10 Å². The first kappa shape index (κ1) is 9.11. The molecular weight excluding hydrogens is 126 g/mol. The van der Waals surface area contributed by atoms with E-state index in [1.165, 1.54) is 6.21 Å². The fourth-order valence-electron chi connectivity index (χ4n) is 0.474. The Morgan fingerprint density at radius 1 is 1.40 bits per heavy atom. The van der Waals surface area contributed by atoms with E-state index in [0.29, 0.717) is 6.42 Å². The van der Waals surface area contributed by atoms with Gasteiger partial charge in [-0.1, -0.05) is 18.2 Å². The van der Waals surface area contributed by atoms with Crippen LogP contribution in [0.15, 0.2) is 24.3 Å². The van der Waals surface area contributed by atoms with Gasteiger partial charge >= 0.3 is 0 Å². The van der Waals surface area contributed by atoms with Gasteiger partial charge in [-0.15, -0.1) is 0 Å². The Morgan fingerprint density at radius 2 is 2.10 bits per heavy atom. The van der Waals surface area contributed by atoms with Gasteiger partial charge in [0.25, 0.3) is 0 Å². The molecule has 0 saturated heterocycles. The van der Waals surface area contributed by atoms with Crippen molar-refractivity contribution in [3.8, 4) is 0 Å². The van der Waals surface area contributed by atoms with Gasteiger partial charge in [0.1, 0.15) is 0 Å². The number of allylic oxidation sites excluding steroid dienone is 3. The molecule has 0 fully saturated rings. The fourth-order valence-corrected chi connectivity index (χ4v) is 0.474. The topological polar surface area (TPSA) is 44.1 Å². The summed E-state index contributed by atoms with van der Waals surface area (Å²) in [4.78, 5) is 0. The van der Waals surface area contributed by atoms with Crippen molar-refractivity contribution in [2.45, 2.75) is 19.4 Å².